The molecule has 72 heavy (non-hydrogen) atoms. The highest BCUT2D eigenvalue weighted by Crippen LogP contribution is 2.10. The summed E-state index contributed by atoms with van der Waals surface area (Å²) in [6.07, 6.45) is -4.36. The predicted octanol–water partition coefficient (Wildman–Crippen LogP) is -6.46. The van der Waals surface area contributed by atoms with Crippen LogP contribution in [0.15, 0.2) is 0 Å². The first-order valence-corrected chi connectivity index (χ1v) is 23.1. The van der Waals surface area contributed by atoms with Crippen molar-refractivity contribution < 1.29 is 82.8 Å². The van der Waals surface area contributed by atoms with Crippen LogP contribution in [0.1, 0.15) is 100 Å². The van der Waals surface area contributed by atoms with Crippen molar-refractivity contribution in [2.45, 2.75) is 161 Å². The number of carboxylic acid groups (broad SMARTS) is 2. The maximum absolute atomic E-state index is 13.6. The molecule has 0 aliphatic heterocycles. The molecule has 0 saturated heterocycles. The van der Waals surface area contributed by atoms with Crippen molar-refractivity contribution in [3.8, 4) is 0 Å². The van der Waals surface area contributed by atoms with Gasteiger partial charge in [-0.25, -0.2) is 0 Å². The second-order valence-electron chi connectivity index (χ2n) is 18.1. The molecular weight excluding hydrogens is 957 g/mol. The summed E-state index contributed by atoms with van der Waals surface area (Å²) >= 11 is 0. The van der Waals surface area contributed by atoms with Crippen LogP contribution in [-0.4, -0.2) is 171 Å². The second kappa shape index (κ2) is 32.1. The molecule has 0 aromatic carbocycles. The third kappa shape index (κ3) is 24.7. The van der Waals surface area contributed by atoms with Gasteiger partial charge in [-0.2, -0.15) is 0 Å². The number of carbonyl (C=O) groups is 13. The first-order valence-electron chi connectivity index (χ1n) is 23.1. The van der Waals surface area contributed by atoms with E-state index < -0.39 is 194 Å². The van der Waals surface area contributed by atoms with Gasteiger partial charge in [-0.3, -0.25) is 62.3 Å². The molecule has 0 unspecified atom stereocenters. The molecular formula is C43H74N12O17. The Bertz CT molecular complexity index is 1950. The van der Waals surface area contributed by atoms with Crippen molar-refractivity contribution in [3.63, 3.8) is 0 Å². The van der Waals surface area contributed by atoms with Crippen molar-refractivity contribution in [2.75, 3.05) is 13.2 Å². The molecule has 0 aliphatic carbocycles. The number of aliphatic hydroxyl groups excluding tert-OH is 2. The van der Waals surface area contributed by atoms with Gasteiger partial charge in [0.15, 0.2) is 0 Å². The van der Waals surface area contributed by atoms with Crippen molar-refractivity contribution in [2.24, 2.45) is 35.0 Å². The molecule has 0 heterocycles. The van der Waals surface area contributed by atoms with Crippen LogP contribution in [-0.2, 0) is 62.3 Å². The lowest BCUT2D eigenvalue weighted by Gasteiger charge is -2.28. The summed E-state index contributed by atoms with van der Waals surface area (Å²) in [5.74, 6) is -15.0. The minimum absolute atomic E-state index is 0.0277. The van der Waals surface area contributed by atoms with E-state index in [1.54, 1.807) is 13.8 Å². The average Bonchev–Trinajstić information content (AvgIpc) is 3.27. The summed E-state index contributed by atoms with van der Waals surface area (Å²) in [6.45, 7) is 10.1. The Hall–Kier alpha value is -7.01. The van der Waals surface area contributed by atoms with Gasteiger partial charge in [0.25, 0.3) is 0 Å². The number of amides is 11. The van der Waals surface area contributed by atoms with Crippen LogP contribution in [0.4, 0.5) is 0 Å². The fourth-order valence-electron chi connectivity index (χ4n) is 6.40. The number of nitrogens with one attached hydrogen (secondary N) is 9. The lowest BCUT2D eigenvalue weighted by atomic mass is 10.0. The molecule has 0 spiro atoms. The Kier molecular flexibility index (Phi) is 28.9. The Balaban J connectivity index is 6.05. The summed E-state index contributed by atoms with van der Waals surface area (Å²) < 4.78 is 0. The van der Waals surface area contributed by atoms with Gasteiger partial charge in [0.1, 0.15) is 48.3 Å². The first kappa shape index (κ1) is 65.0. The number of primary amides is 2. The molecule has 0 bridgehead atoms. The zero-order valence-electron chi connectivity index (χ0n) is 41.7. The minimum Gasteiger partial charge on any atom is -0.481 e. The van der Waals surface area contributed by atoms with Gasteiger partial charge in [0.2, 0.25) is 65.0 Å². The zero-order valence-corrected chi connectivity index (χ0v) is 41.7. The molecule has 0 radical (unpaired) electrons. The number of nitrogens with two attached hydrogens (primary N) is 3. The van der Waals surface area contributed by atoms with E-state index in [9.17, 15) is 72.5 Å². The molecule has 29 heteroatoms. The third-order valence-electron chi connectivity index (χ3n) is 10.5. The van der Waals surface area contributed by atoms with Gasteiger partial charge in [0, 0.05) is 19.3 Å². The largest absolute Gasteiger partial charge is 0.481 e. The molecule has 408 valence electrons. The van der Waals surface area contributed by atoms with Crippen molar-refractivity contribution >= 4 is 76.9 Å². The lowest BCUT2D eigenvalue weighted by molar-refractivity contribution is -0.139. The standard InChI is InChI=1S/C43H74N12O17/c1-18(2)15-26(39(68)48-23(35(46)64)10-13-30(60)61)51-37(66)24(9-12-28(45)58)50-40(69)27(17-56)52-42(71)33(20(5)6)53-29(59)16-47-41(70)32(19(3)4)54-43(72)34(22(8)57)55-38(67)25(11-14-31(62)63)49-36(65)21(7)44/h18-27,32-34,56-57H,9-17,44H2,1-8H3,(H2,45,58)(H2,46,64)(H,47,70)(H,48,68)(H,49,65)(H,50,69)(H,51,66)(H,52,71)(H,53,59)(H,54,72)(H,55,67)(H,60,61)(H,62,63)/t21-,22-,23+,24+,25+,26+,27+,32+,33+,34+/m1/s1. The quantitative estimate of drug-likeness (QED) is 0.0285. The third-order valence-corrected chi connectivity index (χ3v) is 10.5. The Morgan fingerprint density at radius 3 is 1.29 bits per heavy atom. The number of carboxylic acids is 2. The normalized spacial score (nSPS) is 15.3. The zero-order chi connectivity index (χ0) is 55.7. The number of hydrogen-bond donors (Lipinski definition) is 16. The molecule has 10 atom stereocenters. The number of rotatable bonds is 34. The highest BCUT2D eigenvalue weighted by Gasteiger charge is 2.36. The number of hydrogen-bond acceptors (Lipinski definition) is 16. The molecule has 19 N–H and O–H groups in total. The summed E-state index contributed by atoms with van der Waals surface area (Å²) in [6, 6.07) is -13.3. The van der Waals surface area contributed by atoms with Gasteiger partial charge < -0.3 is 85.5 Å². The summed E-state index contributed by atoms with van der Waals surface area (Å²) in [4.78, 5) is 165. The predicted molar refractivity (Wildman–Crippen MR) is 251 cm³/mol. The molecule has 0 fully saturated rings. The van der Waals surface area contributed by atoms with E-state index in [0.29, 0.717) is 0 Å². The van der Waals surface area contributed by atoms with Gasteiger partial charge in [0.05, 0.1) is 25.3 Å². The van der Waals surface area contributed by atoms with Crippen LogP contribution < -0.4 is 65.1 Å². The van der Waals surface area contributed by atoms with E-state index in [1.165, 1.54) is 34.6 Å². The number of carbonyl (C=O) groups excluding carboxylic acids is 11. The van der Waals surface area contributed by atoms with E-state index in [0.717, 1.165) is 6.92 Å². The fraction of sp³-hybridized carbons (Fsp3) is 0.698. The lowest BCUT2D eigenvalue weighted by Crippen LogP contribution is -2.61. The van der Waals surface area contributed by atoms with E-state index in [1.807, 2.05) is 0 Å². The number of aliphatic carboxylic acids is 2. The van der Waals surface area contributed by atoms with Crippen LogP contribution in [0, 0.1) is 17.8 Å². The maximum atomic E-state index is 13.6. The molecule has 0 rings (SSSR count). The average molecular weight is 1030 g/mol. The van der Waals surface area contributed by atoms with E-state index in [-0.39, 0.29) is 18.8 Å². The van der Waals surface area contributed by atoms with E-state index >= 15 is 0 Å². The van der Waals surface area contributed by atoms with E-state index in [2.05, 4.69) is 47.9 Å². The highest BCUT2D eigenvalue weighted by atomic mass is 16.4. The first-order chi connectivity index (χ1) is 33.3. The van der Waals surface area contributed by atoms with Crippen molar-refractivity contribution in [3.05, 3.63) is 0 Å². The van der Waals surface area contributed by atoms with Crippen molar-refractivity contribution in [1.29, 1.82) is 0 Å². The molecule has 29 nitrogen and oxygen atoms in total. The topological polar surface area (TPSA) is 489 Å². The van der Waals surface area contributed by atoms with E-state index in [4.69, 9.17) is 27.4 Å². The highest BCUT2D eigenvalue weighted by molar-refractivity contribution is 5.98. The van der Waals surface area contributed by atoms with Crippen LogP contribution in [0.25, 0.3) is 0 Å². The van der Waals surface area contributed by atoms with Gasteiger partial charge in [-0.15, -0.1) is 0 Å². The summed E-state index contributed by atoms with van der Waals surface area (Å²) in [5.41, 5.74) is 16.2. The molecule has 0 aliphatic rings. The second-order valence-corrected chi connectivity index (χ2v) is 18.1. The minimum atomic E-state index is -1.78. The van der Waals surface area contributed by atoms with Gasteiger partial charge >= 0.3 is 11.9 Å². The SMILES string of the molecule is CC(C)C[C@H](NC(=O)[C@H](CCC(N)=O)NC(=O)[C@H](CO)NC(=O)[C@@H](NC(=O)CNC(=O)[C@@H](NC(=O)[C@@H](NC(=O)[C@H](CCC(=O)O)NC(=O)[C@@H](C)N)[C@@H](C)O)C(C)C)C(C)C)C(=O)N[C@@H](CCC(=O)O)C(N)=O. The van der Waals surface area contributed by atoms with Crippen LogP contribution >= 0.6 is 0 Å². The monoisotopic (exact) mass is 1030 g/mol. The van der Waals surface area contributed by atoms with Crippen LogP contribution in [0.2, 0.25) is 0 Å². The molecule has 0 aromatic rings. The van der Waals surface area contributed by atoms with Gasteiger partial charge in [-0.05, 0) is 57.3 Å². The maximum Gasteiger partial charge on any atom is 0.303 e. The fourth-order valence-corrected chi connectivity index (χ4v) is 6.40. The Morgan fingerprint density at radius 1 is 0.458 bits per heavy atom. The molecule has 0 aromatic heterocycles. The Morgan fingerprint density at radius 2 is 0.847 bits per heavy atom. The van der Waals surface area contributed by atoms with Crippen LogP contribution in [0.5, 0.6) is 0 Å². The van der Waals surface area contributed by atoms with Crippen molar-refractivity contribution in [1.82, 2.24) is 47.9 Å². The summed E-state index contributed by atoms with van der Waals surface area (Å²) in [5, 5.41) is 59.6. The van der Waals surface area contributed by atoms with Crippen LogP contribution in [0.3, 0.4) is 0 Å². The number of aliphatic hydroxyl groups is 2. The van der Waals surface area contributed by atoms with Gasteiger partial charge in [-0.1, -0.05) is 41.5 Å². The molecule has 11 amide bonds. The Labute approximate surface area is 415 Å². The smallest absolute Gasteiger partial charge is 0.303 e. The summed E-state index contributed by atoms with van der Waals surface area (Å²) in [7, 11) is 0. The molecule has 0 saturated carbocycles.